The van der Waals surface area contributed by atoms with Crippen molar-refractivity contribution in [3.05, 3.63) is 16.7 Å². The van der Waals surface area contributed by atoms with Crippen molar-refractivity contribution < 1.29 is 20.1 Å². The SMILES string of the molecule is CNN(NC)c1nc2c(ncn2[C@@H]2O[C@H](CO)[C@@H](O)[C@H]2O)c(=O)[nH]1. The van der Waals surface area contributed by atoms with Gasteiger partial charge in [0.25, 0.3) is 5.56 Å². The Bertz CT molecular complexity index is 773. The van der Waals surface area contributed by atoms with Crippen LogP contribution in [0, 0.1) is 0 Å². The van der Waals surface area contributed by atoms with Crippen LogP contribution in [0.15, 0.2) is 11.1 Å². The van der Waals surface area contributed by atoms with Crippen molar-refractivity contribution >= 4 is 17.1 Å². The van der Waals surface area contributed by atoms with Crippen molar-refractivity contribution in [1.29, 1.82) is 0 Å². The predicted octanol–water partition coefficient (Wildman–Crippen LogP) is -3.19. The lowest BCUT2D eigenvalue weighted by atomic mass is 10.1. The topological polar surface area (TPSA) is 161 Å². The Morgan fingerprint density at radius 1 is 1.38 bits per heavy atom. The van der Waals surface area contributed by atoms with E-state index in [1.54, 1.807) is 14.1 Å². The summed E-state index contributed by atoms with van der Waals surface area (Å²) in [6.45, 7) is -0.450. The summed E-state index contributed by atoms with van der Waals surface area (Å²) < 4.78 is 6.80. The number of nitrogens with zero attached hydrogens (tertiary/aromatic N) is 4. The molecule has 132 valence electrons. The number of aromatic nitrogens is 4. The Kier molecular flexibility index (Phi) is 4.49. The molecule has 1 fully saturated rings. The number of imidazole rings is 1. The fourth-order valence-electron chi connectivity index (χ4n) is 2.64. The van der Waals surface area contributed by atoms with E-state index in [4.69, 9.17) is 4.74 Å². The summed E-state index contributed by atoms with van der Waals surface area (Å²) in [6.07, 6.45) is -3.23. The third kappa shape index (κ3) is 2.54. The van der Waals surface area contributed by atoms with Crippen molar-refractivity contribution in [1.82, 2.24) is 30.4 Å². The summed E-state index contributed by atoms with van der Waals surface area (Å²) in [5, 5.41) is 30.6. The molecule has 1 saturated heterocycles. The molecular weight excluding hydrogens is 322 g/mol. The quantitative estimate of drug-likeness (QED) is 0.306. The third-order valence-corrected chi connectivity index (χ3v) is 3.87. The Balaban J connectivity index is 2.08. The van der Waals surface area contributed by atoms with Crippen LogP contribution in [0.1, 0.15) is 6.23 Å². The summed E-state index contributed by atoms with van der Waals surface area (Å²) in [6, 6.07) is 0. The molecule has 24 heavy (non-hydrogen) atoms. The van der Waals surface area contributed by atoms with Crippen LogP contribution in [0.2, 0.25) is 0 Å². The maximum absolute atomic E-state index is 12.2. The Morgan fingerprint density at radius 2 is 2.08 bits per heavy atom. The summed E-state index contributed by atoms with van der Waals surface area (Å²) >= 11 is 0. The smallest absolute Gasteiger partial charge is 0.280 e. The van der Waals surface area contributed by atoms with Crippen molar-refractivity contribution in [3.63, 3.8) is 0 Å². The number of aliphatic hydroxyl groups is 3. The number of H-pyrrole nitrogens is 1. The number of hydrazine groups is 2. The lowest BCUT2D eigenvalue weighted by Gasteiger charge is -2.20. The van der Waals surface area contributed by atoms with E-state index in [9.17, 15) is 20.1 Å². The van der Waals surface area contributed by atoms with E-state index < -0.39 is 36.7 Å². The summed E-state index contributed by atoms with van der Waals surface area (Å²) in [7, 11) is 3.26. The van der Waals surface area contributed by atoms with E-state index in [0.717, 1.165) is 0 Å². The van der Waals surface area contributed by atoms with E-state index in [2.05, 4.69) is 25.8 Å². The minimum absolute atomic E-state index is 0.0589. The first-order valence-corrected chi connectivity index (χ1v) is 7.26. The molecule has 0 unspecified atom stereocenters. The fraction of sp³-hybridized carbons (Fsp3) is 0.583. The molecule has 2 aromatic heterocycles. The zero-order chi connectivity index (χ0) is 17.4. The molecule has 3 rings (SSSR count). The second-order valence-corrected chi connectivity index (χ2v) is 5.23. The highest BCUT2D eigenvalue weighted by molar-refractivity contribution is 5.71. The number of aliphatic hydroxyl groups excluding tert-OH is 3. The molecule has 12 heteroatoms. The third-order valence-electron chi connectivity index (χ3n) is 3.87. The number of rotatable bonds is 5. The minimum Gasteiger partial charge on any atom is -0.394 e. The van der Waals surface area contributed by atoms with E-state index in [-0.39, 0.29) is 17.1 Å². The van der Waals surface area contributed by atoms with E-state index in [0.29, 0.717) is 0 Å². The van der Waals surface area contributed by atoms with E-state index in [1.807, 2.05) is 0 Å². The molecule has 0 radical (unpaired) electrons. The molecule has 12 nitrogen and oxygen atoms in total. The average Bonchev–Trinajstić information content (AvgIpc) is 3.11. The molecule has 1 aliphatic rings. The van der Waals surface area contributed by atoms with Gasteiger partial charge in [0.1, 0.15) is 18.3 Å². The molecule has 6 N–H and O–H groups in total. The molecule has 0 saturated carbocycles. The maximum Gasteiger partial charge on any atom is 0.280 e. The Hall–Kier alpha value is -2.09. The lowest BCUT2D eigenvalue weighted by Crippen LogP contribution is -2.46. The van der Waals surface area contributed by atoms with Gasteiger partial charge in [0, 0.05) is 14.1 Å². The van der Waals surface area contributed by atoms with Gasteiger partial charge in [-0.1, -0.05) is 0 Å². The molecule has 0 bridgehead atoms. The van der Waals surface area contributed by atoms with Crippen LogP contribution in [0.5, 0.6) is 0 Å². The zero-order valence-corrected chi connectivity index (χ0v) is 13.0. The van der Waals surface area contributed by atoms with Gasteiger partial charge in [-0.25, -0.2) is 21.0 Å². The molecule has 0 amide bonds. The van der Waals surface area contributed by atoms with Gasteiger partial charge in [-0.15, -0.1) is 0 Å². The van der Waals surface area contributed by atoms with Gasteiger partial charge in [0.05, 0.1) is 12.9 Å². The zero-order valence-electron chi connectivity index (χ0n) is 13.0. The fourth-order valence-corrected chi connectivity index (χ4v) is 2.64. The van der Waals surface area contributed by atoms with Crippen molar-refractivity contribution in [2.24, 2.45) is 0 Å². The first kappa shape index (κ1) is 16.8. The van der Waals surface area contributed by atoms with Gasteiger partial charge < -0.3 is 20.1 Å². The van der Waals surface area contributed by atoms with Crippen molar-refractivity contribution in [2.45, 2.75) is 24.5 Å². The van der Waals surface area contributed by atoms with Crippen LogP contribution in [0.25, 0.3) is 11.2 Å². The molecule has 4 atom stereocenters. The number of anilines is 1. The second kappa shape index (κ2) is 6.43. The molecule has 0 aromatic carbocycles. The van der Waals surface area contributed by atoms with Crippen LogP contribution in [0.4, 0.5) is 5.95 Å². The van der Waals surface area contributed by atoms with Gasteiger partial charge in [-0.05, 0) is 0 Å². The monoisotopic (exact) mass is 341 g/mol. The minimum atomic E-state index is -1.30. The lowest BCUT2D eigenvalue weighted by molar-refractivity contribution is -0.0511. The van der Waals surface area contributed by atoms with Crippen LogP contribution < -0.4 is 21.5 Å². The second-order valence-electron chi connectivity index (χ2n) is 5.23. The van der Waals surface area contributed by atoms with Crippen LogP contribution in [-0.2, 0) is 4.74 Å². The number of hydrogen-bond acceptors (Lipinski definition) is 10. The molecular formula is C12H19N7O5. The van der Waals surface area contributed by atoms with Crippen LogP contribution in [-0.4, -0.2) is 73.9 Å². The summed E-state index contributed by atoms with van der Waals surface area (Å²) in [5.74, 6) is 0.172. The van der Waals surface area contributed by atoms with E-state index in [1.165, 1.54) is 16.0 Å². The molecule has 0 spiro atoms. The van der Waals surface area contributed by atoms with Gasteiger partial charge in [0.15, 0.2) is 17.4 Å². The summed E-state index contributed by atoms with van der Waals surface area (Å²) in [4.78, 5) is 23.0. The Labute approximate surface area is 135 Å². The standard InChI is InChI=1S/C12H19N7O5/c1-13-19(14-2)12-16-9-6(10(23)17-12)15-4-18(9)11-8(22)7(21)5(3-20)24-11/h4-5,7-8,11,13-14,20-22H,3H2,1-2H3,(H,16,17,23)/t5-,7-,8-,11-/m1/s1. The number of ether oxygens (including phenoxy) is 1. The average molecular weight is 341 g/mol. The van der Waals surface area contributed by atoms with E-state index >= 15 is 0 Å². The number of fused-ring (bicyclic) bond motifs is 1. The first-order valence-electron chi connectivity index (χ1n) is 7.26. The highest BCUT2D eigenvalue weighted by Crippen LogP contribution is 2.30. The largest absolute Gasteiger partial charge is 0.394 e. The normalized spacial score (nSPS) is 27.0. The van der Waals surface area contributed by atoms with Crippen LogP contribution in [0.3, 0.4) is 0 Å². The number of hydrogen-bond donors (Lipinski definition) is 6. The van der Waals surface area contributed by atoms with Crippen molar-refractivity contribution in [2.75, 3.05) is 25.8 Å². The Morgan fingerprint density at radius 3 is 2.67 bits per heavy atom. The van der Waals surface area contributed by atoms with Gasteiger partial charge in [0.2, 0.25) is 5.95 Å². The summed E-state index contributed by atoms with van der Waals surface area (Å²) in [5.41, 5.74) is 5.31. The van der Waals surface area contributed by atoms with Gasteiger partial charge in [-0.3, -0.25) is 14.3 Å². The predicted molar refractivity (Wildman–Crippen MR) is 81.8 cm³/mol. The molecule has 3 heterocycles. The molecule has 2 aromatic rings. The maximum atomic E-state index is 12.2. The van der Waals surface area contributed by atoms with Gasteiger partial charge >= 0.3 is 0 Å². The van der Waals surface area contributed by atoms with Crippen molar-refractivity contribution in [3.8, 4) is 0 Å². The molecule has 1 aliphatic heterocycles. The van der Waals surface area contributed by atoms with Gasteiger partial charge in [-0.2, -0.15) is 4.98 Å². The highest BCUT2D eigenvalue weighted by atomic mass is 16.6. The van der Waals surface area contributed by atoms with Crippen LogP contribution >= 0.6 is 0 Å². The number of nitrogens with one attached hydrogen (secondary N) is 3. The molecule has 0 aliphatic carbocycles. The highest BCUT2D eigenvalue weighted by Gasteiger charge is 2.44. The number of aromatic amines is 1. The first-order chi connectivity index (χ1) is 11.5.